The molecule has 0 aliphatic rings. The molecule has 0 saturated carbocycles. The van der Waals surface area contributed by atoms with Crippen LogP contribution in [0.15, 0.2) is 36.7 Å². The van der Waals surface area contributed by atoms with Crippen molar-refractivity contribution in [2.75, 3.05) is 5.32 Å². The van der Waals surface area contributed by atoms with Crippen LogP contribution in [0.3, 0.4) is 0 Å². The molecule has 0 aliphatic heterocycles. The lowest BCUT2D eigenvalue weighted by Crippen LogP contribution is -2.12. The Kier molecular flexibility index (Phi) is 4.55. The Morgan fingerprint density at radius 3 is 2.87 bits per heavy atom. The lowest BCUT2D eigenvalue weighted by atomic mass is 10.1. The zero-order valence-electron chi connectivity index (χ0n) is 14.0. The molecule has 5 nitrogen and oxygen atoms in total. The molecular formula is C18H23N5. The number of hydrogen-bond donors (Lipinski definition) is 1. The average Bonchev–Trinajstić information content (AvgIpc) is 2.90. The molecule has 0 atom stereocenters. The van der Waals surface area contributed by atoms with Gasteiger partial charge in [0.15, 0.2) is 0 Å². The van der Waals surface area contributed by atoms with E-state index in [1.807, 2.05) is 35.1 Å². The third-order valence-corrected chi connectivity index (χ3v) is 3.71. The molecule has 3 heterocycles. The van der Waals surface area contributed by atoms with Crippen LogP contribution >= 0.6 is 0 Å². The molecule has 0 bridgehead atoms. The van der Waals surface area contributed by atoms with Crippen LogP contribution in [0.5, 0.6) is 0 Å². The van der Waals surface area contributed by atoms with Crippen molar-refractivity contribution in [2.45, 2.75) is 46.1 Å². The van der Waals surface area contributed by atoms with E-state index in [-0.39, 0.29) is 0 Å². The van der Waals surface area contributed by atoms with Crippen molar-refractivity contribution in [1.29, 1.82) is 0 Å². The van der Waals surface area contributed by atoms with E-state index in [1.54, 1.807) is 0 Å². The summed E-state index contributed by atoms with van der Waals surface area (Å²) >= 11 is 0. The van der Waals surface area contributed by atoms with Gasteiger partial charge in [-0.2, -0.15) is 5.10 Å². The van der Waals surface area contributed by atoms with Crippen molar-refractivity contribution in [1.82, 2.24) is 19.6 Å². The summed E-state index contributed by atoms with van der Waals surface area (Å²) in [4.78, 5) is 9.01. The molecule has 3 aromatic heterocycles. The summed E-state index contributed by atoms with van der Waals surface area (Å²) in [5.41, 5.74) is 4.24. The van der Waals surface area contributed by atoms with Gasteiger partial charge in [0.25, 0.3) is 0 Å². The number of aromatic nitrogens is 4. The first kappa shape index (κ1) is 15.5. The number of nitrogens with one attached hydrogen (secondary N) is 1. The summed E-state index contributed by atoms with van der Waals surface area (Å²) in [6.07, 6.45) is 7.03. The molecular weight excluding hydrogens is 286 g/mol. The van der Waals surface area contributed by atoms with E-state index in [0.29, 0.717) is 12.0 Å². The molecule has 120 valence electrons. The van der Waals surface area contributed by atoms with Gasteiger partial charge in [0.05, 0.1) is 16.9 Å². The maximum Gasteiger partial charge on any atom is 0.223 e. The van der Waals surface area contributed by atoms with Gasteiger partial charge in [0.1, 0.15) is 0 Å². The zero-order chi connectivity index (χ0) is 16.2. The number of nitrogens with zero attached hydrogens (tertiary/aromatic N) is 4. The van der Waals surface area contributed by atoms with Crippen molar-refractivity contribution < 1.29 is 0 Å². The van der Waals surface area contributed by atoms with Crippen LogP contribution in [0.25, 0.3) is 16.8 Å². The van der Waals surface area contributed by atoms with Crippen molar-refractivity contribution in [3.05, 3.63) is 42.4 Å². The summed E-state index contributed by atoms with van der Waals surface area (Å²) in [6.45, 7) is 6.36. The fourth-order valence-electron chi connectivity index (χ4n) is 2.67. The molecule has 1 N–H and O–H groups in total. The van der Waals surface area contributed by atoms with Crippen LogP contribution in [-0.2, 0) is 6.42 Å². The van der Waals surface area contributed by atoms with Crippen molar-refractivity contribution in [3.8, 4) is 11.3 Å². The molecule has 3 aromatic rings. The number of fused-ring (bicyclic) bond motifs is 1. The summed E-state index contributed by atoms with van der Waals surface area (Å²) in [5, 5.41) is 8.02. The van der Waals surface area contributed by atoms with Crippen LogP contribution in [0.1, 0.15) is 39.3 Å². The van der Waals surface area contributed by atoms with Gasteiger partial charge >= 0.3 is 0 Å². The first-order valence-corrected chi connectivity index (χ1v) is 8.25. The first-order chi connectivity index (χ1) is 11.2. The van der Waals surface area contributed by atoms with Gasteiger partial charge in [-0.05, 0) is 44.9 Å². The second kappa shape index (κ2) is 6.77. The SMILES string of the molecule is CCCCc1nn2ccccc2c1-c1ccnc(NC(C)C)n1. The van der Waals surface area contributed by atoms with Crippen LogP contribution in [0.2, 0.25) is 0 Å². The van der Waals surface area contributed by atoms with E-state index in [0.717, 1.165) is 41.7 Å². The van der Waals surface area contributed by atoms with Crippen LogP contribution in [0, 0.1) is 0 Å². The van der Waals surface area contributed by atoms with E-state index in [4.69, 9.17) is 10.1 Å². The Hall–Kier alpha value is -2.43. The van der Waals surface area contributed by atoms with E-state index in [2.05, 4.69) is 37.1 Å². The number of anilines is 1. The van der Waals surface area contributed by atoms with Gasteiger partial charge in [0.2, 0.25) is 5.95 Å². The van der Waals surface area contributed by atoms with Gasteiger partial charge in [-0.15, -0.1) is 0 Å². The summed E-state index contributed by atoms with van der Waals surface area (Å²) in [7, 11) is 0. The maximum atomic E-state index is 4.75. The number of aryl methyl sites for hydroxylation is 1. The van der Waals surface area contributed by atoms with E-state index < -0.39 is 0 Å². The molecule has 5 heteroatoms. The molecule has 0 aliphatic carbocycles. The molecule has 0 unspecified atom stereocenters. The van der Waals surface area contributed by atoms with E-state index >= 15 is 0 Å². The Balaban J connectivity index is 2.10. The lowest BCUT2D eigenvalue weighted by molar-refractivity contribution is 0.762. The van der Waals surface area contributed by atoms with Gasteiger partial charge in [0, 0.05) is 24.0 Å². The summed E-state index contributed by atoms with van der Waals surface area (Å²) < 4.78 is 1.94. The minimum absolute atomic E-state index is 0.300. The standard InChI is InChI=1S/C18H23N5/c1-4-5-8-15-17(16-9-6-7-12-23(16)22-15)14-10-11-19-18(21-14)20-13(2)3/h6-7,9-13H,4-5,8H2,1-3H3,(H,19,20,21). The monoisotopic (exact) mass is 309 g/mol. The van der Waals surface area contributed by atoms with E-state index in [1.165, 1.54) is 0 Å². The predicted octanol–water partition coefficient (Wildman–Crippen LogP) is 3.95. The Bertz CT molecular complexity index is 791. The van der Waals surface area contributed by atoms with E-state index in [9.17, 15) is 0 Å². The summed E-state index contributed by atoms with van der Waals surface area (Å²) in [6, 6.07) is 8.40. The minimum Gasteiger partial charge on any atom is -0.352 e. The molecule has 0 radical (unpaired) electrons. The predicted molar refractivity (Wildman–Crippen MR) is 93.6 cm³/mol. The van der Waals surface area contributed by atoms with Gasteiger partial charge in [-0.1, -0.05) is 19.4 Å². The number of hydrogen-bond acceptors (Lipinski definition) is 4. The molecule has 3 rings (SSSR count). The second-order valence-electron chi connectivity index (χ2n) is 6.02. The average molecular weight is 309 g/mol. The van der Waals surface area contributed by atoms with Crippen LogP contribution in [-0.4, -0.2) is 25.6 Å². The highest BCUT2D eigenvalue weighted by molar-refractivity contribution is 5.80. The number of unbranched alkanes of at least 4 members (excludes halogenated alkanes) is 1. The molecule has 23 heavy (non-hydrogen) atoms. The smallest absolute Gasteiger partial charge is 0.223 e. The summed E-state index contributed by atoms with van der Waals surface area (Å²) in [5.74, 6) is 0.661. The highest BCUT2D eigenvalue weighted by Gasteiger charge is 2.16. The topological polar surface area (TPSA) is 55.1 Å². The Morgan fingerprint density at radius 2 is 2.09 bits per heavy atom. The number of rotatable bonds is 6. The largest absolute Gasteiger partial charge is 0.352 e. The maximum absolute atomic E-state index is 4.75. The first-order valence-electron chi connectivity index (χ1n) is 8.25. The third kappa shape index (κ3) is 3.33. The van der Waals surface area contributed by atoms with Crippen LogP contribution in [0.4, 0.5) is 5.95 Å². The fourth-order valence-corrected chi connectivity index (χ4v) is 2.67. The van der Waals surface area contributed by atoms with Crippen LogP contribution < -0.4 is 5.32 Å². The third-order valence-electron chi connectivity index (χ3n) is 3.71. The van der Waals surface area contributed by atoms with Gasteiger partial charge in [-0.25, -0.2) is 14.5 Å². The van der Waals surface area contributed by atoms with Gasteiger partial charge < -0.3 is 5.32 Å². The van der Waals surface area contributed by atoms with Gasteiger partial charge in [-0.3, -0.25) is 0 Å². The van der Waals surface area contributed by atoms with Crippen molar-refractivity contribution in [3.63, 3.8) is 0 Å². The second-order valence-corrected chi connectivity index (χ2v) is 6.02. The highest BCUT2D eigenvalue weighted by atomic mass is 15.2. The van der Waals surface area contributed by atoms with Crippen molar-refractivity contribution >= 4 is 11.5 Å². The molecule has 0 aromatic carbocycles. The van der Waals surface area contributed by atoms with Crippen molar-refractivity contribution in [2.24, 2.45) is 0 Å². The molecule has 0 saturated heterocycles. The fraction of sp³-hybridized carbons (Fsp3) is 0.389. The normalized spacial score (nSPS) is 11.3. The lowest BCUT2D eigenvalue weighted by Gasteiger charge is -2.09. The molecule has 0 spiro atoms. The highest BCUT2D eigenvalue weighted by Crippen LogP contribution is 2.28. The number of pyridine rings is 1. The minimum atomic E-state index is 0.300. The Labute approximate surface area is 136 Å². The molecule has 0 amide bonds. The molecule has 0 fully saturated rings. The Morgan fingerprint density at radius 1 is 1.22 bits per heavy atom. The zero-order valence-corrected chi connectivity index (χ0v) is 14.0. The quantitative estimate of drug-likeness (QED) is 0.749.